The van der Waals surface area contributed by atoms with Crippen LogP contribution in [0.2, 0.25) is 5.02 Å². The quantitative estimate of drug-likeness (QED) is 0.880. The van der Waals surface area contributed by atoms with Gasteiger partial charge in [-0.2, -0.15) is 13.2 Å². The molecular weight excluding hydrogens is 257 g/mol. The minimum atomic E-state index is -4.52. The molecule has 96 valence electrons. The van der Waals surface area contributed by atoms with Crippen LogP contribution in [0.5, 0.6) is 0 Å². The molecule has 0 bridgehead atoms. The van der Waals surface area contributed by atoms with E-state index in [1.165, 1.54) is 0 Å². The van der Waals surface area contributed by atoms with Crippen LogP contribution >= 0.6 is 11.6 Å². The van der Waals surface area contributed by atoms with Crippen LogP contribution < -0.4 is 0 Å². The standard InChI is InChI=1S/C9H6ClF3O2.C2H6/c10-7-3-5(4-8(14)15)1-2-6(7)9(11,12)13;1-2/h1-3H,4H2,(H,14,15);1-2H3. The second kappa shape index (κ2) is 6.49. The fraction of sp³-hybridized carbons (Fsp3) is 0.364. The molecule has 1 N–H and O–H groups in total. The molecule has 0 aliphatic carbocycles. The molecule has 0 aromatic heterocycles. The first kappa shape index (κ1) is 15.8. The van der Waals surface area contributed by atoms with Crippen molar-refractivity contribution in [1.82, 2.24) is 0 Å². The van der Waals surface area contributed by atoms with E-state index in [0.717, 1.165) is 18.2 Å². The molecule has 1 rings (SSSR count). The number of alkyl halides is 3. The molecule has 0 saturated carbocycles. The topological polar surface area (TPSA) is 37.3 Å². The maximum atomic E-state index is 12.2. The lowest BCUT2D eigenvalue weighted by Crippen LogP contribution is -2.07. The molecule has 0 aliphatic heterocycles. The van der Waals surface area contributed by atoms with Gasteiger partial charge in [0.05, 0.1) is 17.0 Å². The van der Waals surface area contributed by atoms with Gasteiger partial charge in [0.1, 0.15) is 0 Å². The normalized spacial score (nSPS) is 10.5. The maximum Gasteiger partial charge on any atom is 0.417 e. The van der Waals surface area contributed by atoms with Crippen molar-refractivity contribution in [3.05, 3.63) is 34.3 Å². The zero-order valence-electron chi connectivity index (χ0n) is 9.31. The molecule has 0 aliphatic rings. The van der Waals surface area contributed by atoms with Gasteiger partial charge in [0.15, 0.2) is 0 Å². The van der Waals surface area contributed by atoms with Crippen molar-refractivity contribution in [1.29, 1.82) is 0 Å². The number of halogens is 4. The van der Waals surface area contributed by atoms with Crippen molar-refractivity contribution in [2.75, 3.05) is 0 Å². The largest absolute Gasteiger partial charge is 0.481 e. The van der Waals surface area contributed by atoms with Crippen LogP contribution in [0.1, 0.15) is 25.0 Å². The SMILES string of the molecule is CC.O=C(O)Cc1ccc(C(F)(F)F)c(Cl)c1. The lowest BCUT2D eigenvalue weighted by Gasteiger charge is -2.09. The van der Waals surface area contributed by atoms with Crippen molar-refractivity contribution < 1.29 is 23.1 Å². The molecule has 0 fully saturated rings. The van der Waals surface area contributed by atoms with Crippen LogP contribution in [0.25, 0.3) is 0 Å². The van der Waals surface area contributed by atoms with E-state index in [1.54, 1.807) is 0 Å². The molecule has 0 heterocycles. The monoisotopic (exact) mass is 268 g/mol. The van der Waals surface area contributed by atoms with Crippen molar-refractivity contribution in [3.8, 4) is 0 Å². The minimum Gasteiger partial charge on any atom is -0.481 e. The highest BCUT2D eigenvalue weighted by Crippen LogP contribution is 2.34. The van der Waals surface area contributed by atoms with Gasteiger partial charge in [-0.3, -0.25) is 4.79 Å². The van der Waals surface area contributed by atoms with Gasteiger partial charge in [-0.25, -0.2) is 0 Å². The minimum absolute atomic E-state index is 0.237. The third kappa shape index (κ3) is 5.08. The number of carbonyl (C=O) groups is 1. The Morgan fingerprint density at radius 3 is 2.24 bits per heavy atom. The average molecular weight is 269 g/mol. The summed E-state index contributed by atoms with van der Waals surface area (Å²) in [5.74, 6) is -1.12. The number of benzene rings is 1. The molecule has 0 saturated heterocycles. The Kier molecular flexibility index (Phi) is 6.02. The number of hydrogen-bond acceptors (Lipinski definition) is 1. The number of carboxylic acid groups (broad SMARTS) is 1. The highest BCUT2D eigenvalue weighted by Gasteiger charge is 2.32. The van der Waals surface area contributed by atoms with Crippen LogP contribution in [-0.2, 0) is 17.4 Å². The summed E-state index contributed by atoms with van der Waals surface area (Å²) in [6.07, 6.45) is -4.86. The van der Waals surface area contributed by atoms with Gasteiger partial charge in [0.25, 0.3) is 0 Å². The van der Waals surface area contributed by atoms with Gasteiger partial charge in [0.2, 0.25) is 0 Å². The van der Waals surface area contributed by atoms with Crippen molar-refractivity contribution >= 4 is 17.6 Å². The van der Waals surface area contributed by atoms with Crippen LogP contribution in [0, 0.1) is 0 Å². The fourth-order valence-electron chi connectivity index (χ4n) is 1.07. The summed E-state index contributed by atoms with van der Waals surface area (Å²) in [7, 11) is 0. The van der Waals surface area contributed by atoms with E-state index in [4.69, 9.17) is 16.7 Å². The van der Waals surface area contributed by atoms with E-state index in [-0.39, 0.29) is 12.0 Å². The highest BCUT2D eigenvalue weighted by molar-refractivity contribution is 6.31. The number of aliphatic carboxylic acids is 1. The summed E-state index contributed by atoms with van der Waals surface area (Å²) >= 11 is 5.38. The molecule has 0 spiro atoms. The summed E-state index contributed by atoms with van der Waals surface area (Å²) in [5, 5.41) is 7.94. The van der Waals surface area contributed by atoms with Crippen molar-refractivity contribution in [2.24, 2.45) is 0 Å². The maximum absolute atomic E-state index is 12.2. The number of rotatable bonds is 2. The molecule has 0 amide bonds. The van der Waals surface area contributed by atoms with Crippen LogP contribution in [0.4, 0.5) is 13.2 Å². The first-order valence-electron chi connectivity index (χ1n) is 4.88. The Morgan fingerprint density at radius 2 is 1.88 bits per heavy atom. The molecule has 17 heavy (non-hydrogen) atoms. The molecular formula is C11H12ClF3O2. The van der Waals surface area contributed by atoms with Crippen molar-refractivity contribution in [2.45, 2.75) is 26.4 Å². The predicted molar refractivity (Wildman–Crippen MR) is 59.1 cm³/mol. The van der Waals surface area contributed by atoms with Crippen LogP contribution in [0.15, 0.2) is 18.2 Å². The van der Waals surface area contributed by atoms with E-state index in [9.17, 15) is 18.0 Å². The number of carboxylic acids is 1. The van der Waals surface area contributed by atoms with E-state index < -0.39 is 22.7 Å². The Labute approximate surface area is 102 Å². The smallest absolute Gasteiger partial charge is 0.417 e. The Bertz CT molecular complexity index is 389. The zero-order valence-corrected chi connectivity index (χ0v) is 10.1. The third-order valence-electron chi connectivity index (χ3n) is 1.69. The van der Waals surface area contributed by atoms with Crippen molar-refractivity contribution in [3.63, 3.8) is 0 Å². The predicted octanol–water partition coefficient (Wildman–Crippen LogP) is 4.01. The lowest BCUT2D eigenvalue weighted by molar-refractivity contribution is -0.137. The first-order chi connectivity index (χ1) is 7.80. The van der Waals surface area contributed by atoms with E-state index >= 15 is 0 Å². The van der Waals surface area contributed by atoms with Gasteiger partial charge in [-0.05, 0) is 17.7 Å². The van der Waals surface area contributed by atoms with Gasteiger partial charge in [-0.15, -0.1) is 0 Å². The third-order valence-corrected chi connectivity index (χ3v) is 2.01. The number of hydrogen-bond donors (Lipinski definition) is 1. The molecule has 0 unspecified atom stereocenters. The van der Waals surface area contributed by atoms with Gasteiger partial charge < -0.3 is 5.11 Å². The van der Waals surface area contributed by atoms with E-state index in [1.807, 2.05) is 13.8 Å². The molecule has 1 aromatic rings. The highest BCUT2D eigenvalue weighted by atomic mass is 35.5. The summed E-state index contributed by atoms with van der Waals surface area (Å²) in [6, 6.07) is 2.89. The summed E-state index contributed by atoms with van der Waals surface area (Å²) in [4.78, 5) is 10.3. The van der Waals surface area contributed by atoms with Gasteiger partial charge in [0, 0.05) is 0 Å². The lowest BCUT2D eigenvalue weighted by atomic mass is 10.1. The van der Waals surface area contributed by atoms with E-state index in [0.29, 0.717) is 0 Å². The van der Waals surface area contributed by atoms with E-state index in [2.05, 4.69) is 0 Å². The van der Waals surface area contributed by atoms with Crippen LogP contribution in [-0.4, -0.2) is 11.1 Å². The average Bonchev–Trinajstić information content (AvgIpc) is 2.17. The second-order valence-corrected chi connectivity index (χ2v) is 3.29. The molecule has 6 heteroatoms. The summed E-state index contributed by atoms with van der Waals surface area (Å²) in [6.45, 7) is 4.00. The molecule has 0 radical (unpaired) electrons. The molecule has 2 nitrogen and oxygen atoms in total. The van der Waals surface area contributed by atoms with Gasteiger partial charge >= 0.3 is 12.1 Å². The summed E-state index contributed by atoms with van der Waals surface area (Å²) < 4.78 is 36.7. The Morgan fingerprint density at radius 1 is 1.35 bits per heavy atom. The zero-order chi connectivity index (χ0) is 13.6. The second-order valence-electron chi connectivity index (χ2n) is 2.88. The Hall–Kier alpha value is -1.23. The molecule has 1 aromatic carbocycles. The fourth-order valence-corrected chi connectivity index (χ4v) is 1.38. The molecule has 0 atom stereocenters. The first-order valence-corrected chi connectivity index (χ1v) is 5.26. The Balaban J connectivity index is 0.00000121. The summed E-state index contributed by atoms with van der Waals surface area (Å²) in [5.41, 5.74) is -0.723. The van der Waals surface area contributed by atoms with Gasteiger partial charge in [-0.1, -0.05) is 31.5 Å². The van der Waals surface area contributed by atoms with Crippen LogP contribution in [0.3, 0.4) is 0 Å².